The van der Waals surface area contributed by atoms with Gasteiger partial charge in [0.15, 0.2) is 0 Å². The summed E-state index contributed by atoms with van der Waals surface area (Å²) in [5.74, 6) is 0. The van der Waals surface area contributed by atoms with E-state index in [0.29, 0.717) is 0 Å². The van der Waals surface area contributed by atoms with Crippen LogP contribution in [0.1, 0.15) is 5.56 Å². The lowest BCUT2D eigenvalue weighted by Crippen LogP contribution is -1.77. The third kappa shape index (κ3) is 2.82. The smallest absolute Gasteiger partial charge is 0.0615 e. The molecule has 0 atom stereocenters. The second-order valence-electron chi connectivity index (χ2n) is 2.02. The molecular weight excluding hydrogens is 206 g/mol. The first-order valence-electron chi connectivity index (χ1n) is 3.21. The van der Waals surface area contributed by atoms with Crippen LogP contribution in [0.5, 0.6) is 0 Å². The van der Waals surface area contributed by atoms with Crippen LogP contribution in [0.15, 0.2) is 29.0 Å². The zero-order valence-corrected chi connectivity index (χ0v) is 7.45. The van der Waals surface area contributed by atoms with Crippen molar-refractivity contribution < 1.29 is 5.11 Å². The lowest BCUT2D eigenvalue weighted by atomic mass is 10.3. The van der Waals surface area contributed by atoms with E-state index in [1.165, 1.54) is 0 Å². The van der Waals surface area contributed by atoms with Crippen LogP contribution < -0.4 is 0 Å². The minimum atomic E-state index is 0.0620. The molecule has 3 heteroatoms. The second kappa shape index (κ2) is 4.26. The minimum absolute atomic E-state index is 0.0620. The van der Waals surface area contributed by atoms with Crippen LogP contribution in [0.3, 0.4) is 0 Å². The highest BCUT2D eigenvalue weighted by Gasteiger charge is 1.87. The first-order chi connectivity index (χ1) is 5.33. The van der Waals surface area contributed by atoms with Crippen LogP contribution in [0, 0.1) is 0 Å². The van der Waals surface area contributed by atoms with E-state index >= 15 is 0 Å². The molecule has 2 nitrogen and oxygen atoms in total. The molecule has 1 aromatic rings. The number of aliphatic hydroxyl groups is 1. The molecule has 0 fully saturated rings. The van der Waals surface area contributed by atoms with Crippen molar-refractivity contribution in [3.63, 3.8) is 0 Å². The van der Waals surface area contributed by atoms with Gasteiger partial charge in [0.25, 0.3) is 0 Å². The van der Waals surface area contributed by atoms with Gasteiger partial charge in [-0.15, -0.1) is 0 Å². The largest absolute Gasteiger partial charge is 0.392 e. The summed E-state index contributed by atoms with van der Waals surface area (Å²) in [6, 6.07) is 1.93. The fourth-order valence-corrected chi connectivity index (χ4v) is 1.09. The van der Waals surface area contributed by atoms with Crippen molar-refractivity contribution in [2.24, 2.45) is 0 Å². The molecule has 0 aliphatic rings. The molecule has 0 aliphatic heterocycles. The first-order valence-corrected chi connectivity index (χ1v) is 4.00. The molecule has 0 amide bonds. The van der Waals surface area contributed by atoms with E-state index < -0.39 is 0 Å². The summed E-state index contributed by atoms with van der Waals surface area (Å²) < 4.78 is 0.942. The van der Waals surface area contributed by atoms with Crippen LogP contribution in [-0.2, 0) is 0 Å². The third-order valence-corrected chi connectivity index (χ3v) is 1.58. The standard InChI is InChI=1S/C8H8BrNO/c9-8-4-7(2-1-3-11)5-10-6-8/h1-2,4-6,11H,3H2. The molecule has 58 valence electrons. The van der Waals surface area contributed by atoms with Crippen molar-refractivity contribution in [2.75, 3.05) is 6.61 Å². The third-order valence-electron chi connectivity index (χ3n) is 1.14. The van der Waals surface area contributed by atoms with E-state index in [0.717, 1.165) is 10.0 Å². The SMILES string of the molecule is OCC=Cc1cncc(Br)c1. The minimum Gasteiger partial charge on any atom is -0.392 e. The molecule has 0 aromatic carbocycles. The molecule has 0 radical (unpaired) electrons. The van der Waals surface area contributed by atoms with Gasteiger partial charge in [0.05, 0.1) is 6.61 Å². The molecule has 0 saturated carbocycles. The number of hydrogen-bond donors (Lipinski definition) is 1. The van der Waals surface area contributed by atoms with Crippen LogP contribution >= 0.6 is 15.9 Å². The summed E-state index contributed by atoms with van der Waals surface area (Å²) in [5, 5.41) is 8.48. The average Bonchev–Trinajstić information content (AvgIpc) is 2.01. The summed E-state index contributed by atoms with van der Waals surface area (Å²) in [6.07, 6.45) is 6.94. The van der Waals surface area contributed by atoms with E-state index in [2.05, 4.69) is 20.9 Å². The van der Waals surface area contributed by atoms with Gasteiger partial charge in [-0.2, -0.15) is 0 Å². The Morgan fingerprint density at radius 3 is 3.00 bits per heavy atom. The highest BCUT2D eigenvalue weighted by Crippen LogP contribution is 2.10. The van der Waals surface area contributed by atoms with Crippen molar-refractivity contribution in [3.05, 3.63) is 34.6 Å². The number of aliphatic hydroxyl groups excluding tert-OH is 1. The zero-order valence-electron chi connectivity index (χ0n) is 5.87. The molecule has 1 aromatic heterocycles. The Morgan fingerprint density at radius 1 is 1.55 bits per heavy atom. The van der Waals surface area contributed by atoms with Crippen molar-refractivity contribution in [2.45, 2.75) is 0 Å². The van der Waals surface area contributed by atoms with Gasteiger partial charge >= 0.3 is 0 Å². The molecular formula is C8H8BrNO. The maximum atomic E-state index is 8.48. The maximum absolute atomic E-state index is 8.48. The summed E-state index contributed by atoms with van der Waals surface area (Å²) in [4.78, 5) is 3.96. The Hall–Kier alpha value is -0.670. The fraction of sp³-hybridized carbons (Fsp3) is 0.125. The van der Waals surface area contributed by atoms with Crippen LogP contribution in [0.25, 0.3) is 6.08 Å². The number of nitrogens with zero attached hydrogens (tertiary/aromatic N) is 1. The highest BCUT2D eigenvalue weighted by molar-refractivity contribution is 9.10. The first kappa shape index (κ1) is 8.43. The predicted molar refractivity (Wildman–Crippen MR) is 48.1 cm³/mol. The van der Waals surface area contributed by atoms with Crippen LogP contribution in [-0.4, -0.2) is 16.7 Å². The number of pyridine rings is 1. The molecule has 0 bridgehead atoms. The normalized spacial score (nSPS) is 10.7. The number of hydrogen-bond acceptors (Lipinski definition) is 2. The van der Waals surface area contributed by atoms with Crippen molar-refractivity contribution in [1.29, 1.82) is 0 Å². The van der Waals surface area contributed by atoms with Crippen LogP contribution in [0.4, 0.5) is 0 Å². The Morgan fingerprint density at radius 2 is 2.36 bits per heavy atom. The monoisotopic (exact) mass is 213 g/mol. The summed E-state index contributed by atoms with van der Waals surface area (Å²) in [6.45, 7) is 0.0620. The summed E-state index contributed by atoms with van der Waals surface area (Å²) in [7, 11) is 0. The van der Waals surface area contributed by atoms with E-state index in [-0.39, 0.29) is 6.61 Å². The van der Waals surface area contributed by atoms with Gasteiger partial charge in [-0.05, 0) is 27.6 Å². The van der Waals surface area contributed by atoms with E-state index in [1.54, 1.807) is 18.5 Å². The average molecular weight is 214 g/mol. The number of aromatic nitrogens is 1. The lowest BCUT2D eigenvalue weighted by Gasteiger charge is -1.91. The summed E-state index contributed by atoms with van der Waals surface area (Å²) >= 11 is 3.30. The summed E-state index contributed by atoms with van der Waals surface area (Å²) in [5.41, 5.74) is 0.980. The van der Waals surface area contributed by atoms with Gasteiger partial charge in [0.2, 0.25) is 0 Å². The fourth-order valence-electron chi connectivity index (χ4n) is 0.708. The number of halogens is 1. The van der Waals surface area contributed by atoms with Crippen molar-refractivity contribution in [3.8, 4) is 0 Å². The van der Waals surface area contributed by atoms with E-state index in [1.807, 2.05) is 12.1 Å². The van der Waals surface area contributed by atoms with Crippen LogP contribution in [0.2, 0.25) is 0 Å². The van der Waals surface area contributed by atoms with Gasteiger partial charge in [0.1, 0.15) is 0 Å². The molecule has 0 aliphatic carbocycles. The topological polar surface area (TPSA) is 33.1 Å². The maximum Gasteiger partial charge on any atom is 0.0615 e. The molecule has 0 spiro atoms. The number of rotatable bonds is 2. The molecule has 1 rings (SSSR count). The molecule has 1 heterocycles. The lowest BCUT2D eigenvalue weighted by molar-refractivity contribution is 0.343. The Bertz CT molecular complexity index is 260. The van der Waals surface area contributed by atoms with Gasteiger partial charge in [0, 0.05) is 16.9 Å². The van der Waals surface area contributed by atoms with Gasteiger partial charge in [-0.3, -0.25) is 4.98 Å². The van der Waals surface area contributed by atoms with Gasteiger partial charge in [-0.1, -0.05) is 12.2 Å². The second-order valence-corrected chi connectivity index (χ2v) is 2.94. The van der Waals surface area contributed by atoms with Crippen molar-refractivity contribution in [1.82, 2.24) is 4.98 Å². The van der Waals surface area contributed by atoms with Crippen molar-refractivity contribution >= 4 is 22.0 Å². The Labute approximate surface area is 73.7 Å². The van der Waals surface area contributed by atoms with Gasteiger partial charge < -0.3 is 5.11 Å². The van der Waals surface area contributed by atoms with Gasteiger partial charge in [-0.25, -0.2) is 0 Å². The quantitative estimate of drug-likeness (QED) is 0.814. The highest BCUT2D eigenvalue weighted by atomic mass is 79.9. The Kier molecular flexibility index (Phi) is 3.26. The molecule has 0 saturated heterocycles. The molecule has 1 N–H and O–H groups in total. The molecule has 11 heavy (non-hydrogen) atoms. The van der Waals surface area contributed by atoms with E-state index in [4.69, 9.17) is 5.11 Å². The predicted octanol–water partition coefficient (Wildman–Crippen LogP) is 1.85. The van der Waals surface area contributed by atoms with E-state index in [9.17, 15) is 0 Å². The Balaban J connectivity index is 2.79. The zero-order chi connectivity index (χ0) is 8.10. The molecule has 0 unspecified atom stereocenters.